The van der Waals surface area contributed by atoms with Gasteiger partial charge in [-0.1, -0.05) is 11.6 Å². The first-order chi connectivity index (χ1) is 8.24. The zero-order chi connectivity index (χ0) is 11.8. The first-order valence-electron chi connectivity index (χ1n) is 5.63. The van der Waals surface area contributed by atoms with Crippen molar-refractivity contribution in [3.05, 3.63) is 47.2 Å². The molecular formula is C13H13BrClN3. The van der Waals surface area contributed by atoms with Crippen molar-refractivity contribution in [1.82, 2.24) is 4.98 Å². The molecule has 3 heterocycles. The number of pyridine rings is 2. The molecule has 0 unspecified atom stereocenters. The van der Waals surface area contributed by atoms with E-state index in [1.807, 2.05) is 12.1 Å². The van der Waals surface area contributed by atoms with E-state index >= 15 is 0 Å². The van der Waals surface area contributed by atoms with Crippen molar-refractivity contribution < 1.29 is 21.5 Å². The fourth-order valence-electron chi connectivity index (χ4n) is 2.12. The smallest absolute Gasteiger partial charge is 0.283 e. The van der Waals surface area contributed by atoms with Gasteiger partial charge in [0.25, 0.3) is 5.82 Å². The van der Waals surface area contributed by atoms with E-state index in [-0.39, 0.29) is 17.0 Å². The molecule has 0 bridgehead atoms. The maximum Gasteiger partial charge on any atom is 0.283 e. The van der Waals surface area contributed by atoms with Crippen LogP contribution in [-0.4, -0.2) is 11.5 Å². The highest BCUT2D eigenvalue weighted by molar-refractivity contribution is 6.30. The Balaban J connectivity index is 0.00000120. The fraction of sp³-hybridized carbons (Fsp3) is 0.231. The average Bonchev–Trinajstić information content (AvgIpc) is 2.73. The maximum absolute atomic E-state index is 5.86. The lowest BCUT2D eigenvalue weighted by molar-refractivity contribution is -0.670. The molecule has 2 aromatic heterocycles. The number of fused-ring (bicyclic) bond motifs is 1. The second-order valence-electron chi connectivity index (χ2n) is 4.24. The summed E-state index contributed by atoms with van der Waals surface area (Å²) in [7, 11) is 0. The van der Waals surface area contributed by atoms with Crippen molar-refractivity contribution >= 4 is 23.2 Å². The zero-order valence-corrected chi connectivity index (χ0v) is 12.3. The molecule has 0 aliphatic carbocycles. The Labute approximate surface area is 122 Å². The van der Waals surface area contributed by atoms with E-state index in [9.17, 15) is 0 Å². The quantitative estimate of drug-likeness (QED) is 0.658. The Morgan fingerprint density at radius 2 is 2.17 bits per heavy atom. The Morgan fingerprint density at radius 1 is 1.33 bits per heavy atom. The number of nitrogens with zero attached hydrogens (tertiary/aromatic N) is 3. The van der Waals surface area contributed by atoms with Crippen molar-refractivity contribution in [2.75, 3.05) is 11.4 Å². The van der Waals surface area contributed by atoms with Crippen LogP contribution in [0, 0.1) is 6.92 Å². The summed E-state index contributed by atoms with van der Waals surface area (Å²) in [5.41, 5.74) is 1.26. The third-order valence-electron chi connectivity index (χ3n) is 3.00. The van der Waals surface area contributed by atoms with Crippen LogP contribution >= 0.6 is 11.6 Å². The molecule has 0 saturated heterocycles. The van der Waals surface area contributed by atoms with E-state index in [1.54, 1.807) is 6.20 Å². The molecule has 3 nitrogen and oxygen atoms in total. The van der Waals surface area contributed by atoms with E-state index in [0.717, 1.165) is 18.9 Å². The summed E-state index contributed by atoms with van der Waals surface area (Å²) < 4.78 is 2.24. The predicted octanol–water partition coefficient (Wildman–Crippen LogP) is -0.513. The lowest BCUT2D eigenvalue weighted by Gasteiger charge is -2.08. The average molecular weight is 327 g/mol. The van der Waals surface area contributed by atoms with Gasteiger partial charge in [-0.2, -0.15) is 0 Å². The lowest BCUT2D eigenvalue weighted by atomic mass is 10.3. The van der Waals surface area contributed by atoms with E-state index in [1.165, 1.54) is 11.4 Å². The number of hydrogen-bond acceptors (Lipinski definition) is 2. The Hall–Kier alpha value is -1.13. The van der Waals surface area contributed by atoms with E-state index in [0.29, 0.717) is 5.02 Å². The summed E-state index contributed by atoms with van der Waals surface area (Å²) >= 11 is 5.86. The third-order valence-corrected chi connectivity index (χ3v) is 3.22. The molecule has 0 radical (unpaired) electrons. The molecule has 1 aliphatic rings. The summed E-state index contributed by atoms with van der Waals surface area (Å²) in [6.45, 7) is 4.06. The highest BCUT2D eigenvalue weighted by Crippen LogP contribution is 2.24. The second kappa shape index (κ2) is 5.24. The third kappa shape index (κ3) is 2.35. The van der Waals surface area contributed by atoms with Gasteiger partial charge in [0.2, 0.25) is 5.82 Å². The van der Waals surface area contributed by atoms with Gasteiger partial charge in [-0.25, -0.2) is 14.5 Å². The van der Waals surface area contributed by atoms with Gasteiger partial charge in [0.05, 0.1) is 17.4 Å². The monoisotopic (exact) mass is 325 g/mol. The molecule has 0 aromatic carbocycles. The Bertz CT molecular complexity index is 557. The van der Waals surface area contributed by atoms with Gasteiger partial charge in [0, 0.05) is 12.1 Å². The van der Waals surface area contributed by atoms with Crippen molar-refractivity contribution in [2.45, 2.75) is 13.5 Å². The minimum atomic E-state index is 0. The summed E-state index contributed by atoms with van der Waals surface area (Å²) in [5.74, 6) is 2.14. The molecule has 1 aliphatic heterocycles. The molecule has 94 valence electrons. The minimum absolute atomic E-state index is 0. The summed E-state index contributed by atoms with van der Waals surface area (Å²) in [6.07, 6.45) is 3.82. The summed E-state index contributed by atoms with van der Waals surface area (Å²) in [4.78, 5) is 6.58. The van der Waals surface area contributed by atoms with E-state index in [4.69, 9.17) is 11.6 Å². The van der Waals surface area contributed by atoms with E-state index < -0.39 is 0 Å². The molecule has 0 spiro atoms. The largest absolute Gasteiger partial charge is 1.00 e. The highest BCUT2D eigenvalue weighted by atomic mass is 79.9. The zero-order valence-electron chi connectivity index (χ0n) is 9.98. The van der Waals surface area contributed by atoms with Crippen LogP contribution in [0.2, 0.25) is 5.02 Å². The number of aromatic nitrogens is 2. The molecule has 0 saturated carbocycles. The van der Waals surface area contributed by atoms with Crippen molar-refractivity contribution in [1.29, 1.82) is 0 Å². The molecule has 0 atom stereocenters. The van der Waals surface area contributed by atoms with Gasteiger partial charge >= 0.3 is 0 Å². The van der Waals surface area contributed by atoms with Gasteiger partial charge < -0.3 is 17.0 Å². The lowest BCUT2D eigenvalue weighted by Crippen LogP contribution is -3.00. The number of halogens is 2. The van der Waals surface area contributed by atoms with Gasteiger partial charge in [-0.3, -0.25) is 0 Å². The molecule has 2 aromatic rings. The molecule has 18 heavy (non-hydrogen) atoms. The number of anilines is 2. The van der Waals surface area contributed by atoms with Crippen LogP contribution in [-0.2, 0) is 6.54 Å². The molecule has 0 fully saturated rings. The topological polar surface area (TPSA) is 20.0 Å². The van der Waals surface area contributed by atoms with Gasteiger partial charge in [0.1, 0.15) is 13.1 Å². The summed E-state index contributed by atoms with van der Waals surface area (Å²) in [5, 5.41) is 0.671. The first kappa shape index (κ1) is 13.3. The van der Waals surface area contributed by atoms with Crippen LogP contribution in [0.25, 0.3) is 0 Å². The molecule has 0 N–H and O–H groups in total. The van der Waals surface area contributed by atoms with Crippen LogP contribution < -0.4 is 26.4 Å². The van der Waals surface area contributed by atoms with E-state index in [2.05, 4.69) is 39.7 Å². The SMILES string of the molecule is Cc1cc[n+]2c(c1)N(c1ccc(Cl)cn1)CC2.[Br-]. The Morgan fingerprint density at radius 3 is 2.89 bits per heavy atom. The first-order valence-corrected chi connectivity index (χ1v) is 6.01. The van der Waals surface area contributed by atoms with Crippen molar-refractivity contribution in [3.63, 3.8) is 0 Å². The molecular weight excluding hydrogens is 314 g/mol. The van der Waals surface area contributed by atoms with Crippen LogP contribution in [0.3, 0.4) is 0 Å². The number of rotatable bonds is 1. The van der Waals surface area contributed by atoms with Gasteiger partial charge in [-0.05, 0) is 24.6 Å². The van der Waals surface area contributed by atoms with Crippen LogP contribution in [0.5, 0.6) is 0 Å². The van der Waals surface area contributed by atoms with Crippen LogP contribution in [0.1, 0.15) is 5.56 Å². The second-order valence-corrected chi connectivity index (χ2v) is 4.68. The van der Waals surface area contributed by atoms with Crippen LogP contribution in [0.4, 0.5) is 11.6 Å². The van der Waals surface area contributed by atoms with Crippen LogP contribution in [0.15, 0.2) is 36.7 Å². The van der Waals surface area contributed by atoms with Crippen molar-refractivity contribution in [2.24, 2.45) is 0 Å². The standard InChI is InChI=1S/C13H13ClN3.BrH/c1-10-4-5-16-6-7-17(13(16)8-10)12-3-2-11(14)9-15-12;/h2-5,8-9H,6-7H2,1H3;1H/q+1;/p-1. The Kier molecular flexibility index (Phi) is 3.88. The predicted molar refractivity (Wildman–Crippen MR) is 67.6 cm³/mol. The van der Waals surface area contributed by atoms with Gasteiger partial charge in [-0.15, -0.1) is 0 Å². The minimum Gasteiger partial charge on any atom is -1.00 e. The summed E-state index contributed by atoms with van der Waals surface area (Å²) in [6, 6.07) is 8.15. The highest BCUT2D eigenvalue weighted by Gasteiger charge is 2.29. The normalized spacial score (nSPS) is 13.1. The van der Waals surface area contributed by atoms with Gasteiger partial charge in [0.15, 0.2) is 0 Å². The van der Waals surface area contributed by atoms with Crippen molar-refractivity contribution in [3.8, 4) is 0 Å². The number of aryl methyl sites for hydroxylation is 1. The number of hydrogen-bond donors (Lipinski definition) is 0. The molecule has 3 rings (SSSR count). The fourth-order valence-corrected chi connectivity index (χ4v) is 2.23. The maximum atomic E-state index is 5.86. The molecule has 5 heteroatoms. The molecule has 0 amide bonds.